The molecule has 21 heavy (non-hydrogen) atoms. The van der Waals surface area contributed by atoms with Crippen molar-refractivity contribution in [1.82, 2.24) is 5.32 Å². The van der Waals surface area contributed by atoms with Crippen molar-refractivity contribution in [3.8, 4) is 0 Å². The quantitative estimate of drug-likeness (QED) is 0.751. The lowest BCUT2D eigenvalue weighted by atomic mass is 10.00. The molecule has 1 unspecified atom stereocenters. The van der Waals surface area contributed by atoms with E-state index in [9.17, 15) is 17.6 Å². The molecule has 0 saturated heterocycles. The van der Waals surface area contributed by atoms with E-state index in [0.29, 0.717) is 18.5 Å². The zero-order valence-electron chi connectivity index (χ0n) is 12.3. The summed E-state index contributed by atoms with van der Waals surface area (Å²) in [6, 6.07) is 2.08. The molecular weight excluding hydrogens is 284 g/mol. The van der Waals surface area contributed by atoms with Gasteiger partial charge in [-0.25, -0.2) is 4.39 Å². The van der Waals surface area contributed by atoms with E-state index in [2.05, 4.69) is 19.2 Å². The SMILES string of the molecule is CCC(CC)CNC(CN)c1cc(F)cc(C(F)(F)F)c1. The first kappa shape index (κ1) is 17.9. The predicted octanol–water partition coefficient (Wildman–Crippen LogP) is 3.87. The molecule has 3 N–H and O–H groups in total. The minimum atomic E-state index is -4.56. The molecule has 120 valence electrons. The Labute approximate surface area is 122 Å². The molecule has 0 radical (unpaired) electrons. The molecule has 0 amide bonds. The first-order valence-corrected chi connectivity index (χ1v) is 7.12. The van der Waals surface area contributed by atoms with Gasteiger partial charge in [-0.3, -0.25) is 0 Å². The molecule has 0 bridgehead atoms. The Balaban J connectivity index is 2.92. The number of hydrogen-bond acceptors (Lipinski definition) is 2. The van der Waals surface area contributed by atoms with Crippen LogP contribution in [0, 0.1) is 11.7 Å². The minimum absolute atomic E-state index is 0.112. The number of nitrogens with two attached hydrogens (primary N) is 1. The van der Waals surface area contributed by atoms with Crippen LogP contribution in [0.15, 0.2) is 18.2 Å². The third-order valence-electron chi connectivity index (χ3n) is 3.69. The fourth-order valence-corrected chi connectivity index (χ4v) is 2.20. The summed E-state index contributed by atoms with van der Waals surface area (Å²) in [4.78, 5) is 0. The van der Waals surface area contributed by atoms with E-state index in [1.54, 1.807) is 0 Å². The Bertz CT molecular complexity index is 442. The molecule has 0 fully saturated rings. The van der Waals surface area contributed by atoms with Crippen LogP contribution in [0.2, 0.25) is 0 Å². The molecule has 2 nitrogen and oxygen atoms in total. The Morgan fingerprint density at radius 2 is 1.76 bits per heavy atom. The van der Waals surface area contributed by atoms with E-state index in [-0.39, 0.29) is 12.1 Å². The summed E-state index contributed by atoms with van der Waals surface area (Å²) < 4.78 is 51.6. The first-order chi connectivity index (χ1) is 9.81. The number of benzene rings is 1. The number of hydrogen-bond donors (Lipinski definition) is 2. The standard InChI is InChI=1S/C15H22F4N2/c1-3-10(4-2)9-21-14(8-20)11-5-12(15(17,18)19)7-13(16)6-11/h5-7,10,14,21H,3-4,8-9,20H2,1-2H3. The Hall–Kier alpha value is -1.14. The van der Waals surface area contributed by atoms with Crippen LogP contribution in [0.4, 0.5) is 17.6 Å². The summed E-state index contributed by atoms with van der Waals surface area (Å²) in [5.41, 5.74) is 4.86. The molecule has 0 aliphatic rings. The molecule has 1 atom stereocenters. The highest BCUT2D eigenvalue weighted by Crippen LogP contribution is 2.31. The van der Waals surface area contributed by atoms with Crippen LogP contribution in [-0.2, 0) is 6.18 Å². The smallest absolute Gasteiger partial charge is 0.329 e. The summed E-state index contributed by atoms with van der Waals surface area (Å²) in [6.45, 7) is 4.86. The second-order valence-corrected chi connectivity index (χ2v) is 5.15. The van der Waals surface area contributed by atoms with E-state index in [4.69, 9.17) is 5.73 Å². The maximum atomic E-state index is 13.4. The zero-order chi connectivity index (χ0) is 16.0. The second kappa shape index (κ2) is 7.75. The van der Waals surface area contributed by atoms with Gasteiger partial charge in [-0.2, -0.15) is 13.2 Å². The molecule has 0 aromatic heterocycles. The van der Waals surface area contributed by atoms with Crippen molar-refractivity contribution in [3.05, 3.63) is 35.1 Å². The third-order valence-corrected chi connectivity index (χ3v) is 3.69. The predicted molar refractivity (Wildman–Crippen MR) is 75.3 cm³/mol. The van der Waals surface area contributed by atoms with Gasteiger partial charge in [0.1, 0.15) is 5.82 Å². The Morgan fingerprint density at radius 1 is 1.14 bits per heavy atom. The van der Waals surface area contributed by atoms with Gasteiger partial charge in [-0.1, -0.05) is 26.7 Å². The van der Waals surface area contributed by atoms with Crippen molar-refractivity contribution in [2.24, 2.45) is 11.7 Å². The molecular formula is C15H22F4N2. The zero-order valence-corrected chi connectivity index (χ0v) is 12.3. The number of nitrogens with one attached hydrogen (secondary N) is 1. The van der Waals surface area contributed by atoms with E-state index >= 15 is 0 Å². The van der Waals surface area contributed by atoms with Crippen molar-refractivity contribution in [3.63, 3.8) is 0 Å². The van der Waals surface area contributed by atoms with Crippen molar-refractivity contribution >= 4 is 0 Å². The highest BCUT2D eigenvalue weighted by Gasteiger charge is 2.32. The molecule has 0 spiro atoms. The fourth-order valence-electron chi connectivity index (χ4n) is 2.20. The van der Waals surface area contributed by atoms with Gasteiger partial charge in [0, 0.05) is 12.6 Å². The molecule has 6 heteroatoms. The highest BCUT2D eigenvalue weighted by molar-refractivity contribution is 5.29. The van der Waals surface area contributed by atoms with E-state index in [0.717, 1.165) is 25.0 Å². The van der Waals surface area contributed by atoms with Crippen LogP contribution in [0.5, 0.6) is 0 Å². The first-order valence-electron chi connectivity index (χ1n) is 7.12. The third kappa shape index (κ3) is 5.28. The topological polar surface area (TPSA) is 38.0 Å². The van der Waals surface area contributed by atoms with Crippen molar-refractivity contribution in [2.45, 2.75) is 38.9 Å². The summed E-state index contributed by atoms with van der Waals surface area (Å²) in [7, 11) is 0. The summed E-state index contributed by atoms with van der Waals surface area (Å²) in [6.07, 6.45) is -2.62. The summed E-state index contributed by atoms with van der Waals surface area (Å²) >= 11 is 0. The van der Waals surface area contributed by atoms with E-state index in [1.807, 2.05) is 0 Å². The lowest BCUT2D eigenvalue weighted by Gasteiger charge is -2.22. The van der Waals surface area contributed by atoms with Crippen molar-refractivity contribution < 1.29 is 17.6 Å². The number of alkyl halides is 3. The fraction of sp³-hybridized carbons (Fsp3) is 0.600. The maximum Gasteiger partial charge on any atom is 0.416 e. The monoisotopic (exact) mass is 306 g/mol. The molecule has 0 aliphatic heterocycles. The van der Waals surface area contributed by atoms with Crippen molar-refractivity contribution in [1.29, 1.82) is 0 Å². The van der Waals surface area contributed by atoms with Crippen LogP contribution >= 0.6 is 0 Å². The number of halogens is 4. The molecule has 0 heterocycles. The van der Waals surface area contributed by atoms with Gasteiger partial charge >= 0.3 is 6.18 Å². The Kier molecular flexibility index (Phi) is 6.61. The van der Waals surface area contributed by atoms with Gasteiger partial charge in [-0.05, 0) is 36.2 Å². The number of rotatable bonds is 7. The molecule has 1 aromatic carbocycles. The van der Waals surface area contributed by atoms with Crippen molar-refractivity contribution in [2.75, 3.05) is 13.1 Å². The molecule has 0 saturated carbocycles. The van der Waals surface area contributed by atoms with Crippen LogP contribution in [0.1, 0.15) is 43.9 Å². The van der Waals surface area contributed by atoms with Gasteiger partial charge < -0.3 is 11.1 Å². The highest BCUT2D eigenvalue weighted by atomic mass is 19.4. The minimum Gasteiger partial charge on any atom is -0.329 e. The van der Waals surface area contributed by atoms with Gasteiger partial charge in [0.05, 0.1) is 5.56 Å². The lowest BCUT2D eigenvalue weighted by molar-refractivity contribution is -0.137. The molecule has 1 rings (SSSR count). The summed E-state index contributed by atoms with van der Waals surface area (Å²) in [5.74, 6) is -0.475. The Morgan fingerprint density at radius 3 is 2.24 bits per heavy atom. The second-order valence-electron chi connectivity index (χ2n) is 5.15. The average molecular weight is 306 g/mol. The van der Waals surface area contributed by atoms with Gasteiger partial charge in [0.2, 0.25) is 0 Å². The van der Waals surface area contributed by atoms with Gasteiger partial charge in [-0.15, -0.1) is 0 Å². The van der Waals surface area contributed by atoms with E-state index < -0.39 is 23.6 Å². The largest absolute Gasteiger partial charge is 0.416 e. The average Bonchev–Trinajstić information content (AvgIpc) is 2.42. The molecule has 0 aliphatic carbocycles. The van der Waals surface area contributed by atoms with Crippen LogP contribution in [-0.4, -0.2) is 13.1 Å². The molecule has 1 aromatic rings. The maximum absolute atomic E-state index is 13.4. The van der Waals surface area contributed by atoms with Crippen LogP contribution in [0.25, 0.3) is 0 Å². The van der Waals surface area contributed by atoms with E-state index in [1.165, 1.54) is 0 Å². The van der Waals surface area contributed by atoms with Crippen LogP contribution < -0.4 is 11.1 Å². The normalized spacial score (nSPS) is 13.7. The van der Waals surface area contributed by atoms with Gasteiger partial charge in [0.25, 0.3) is 0 Å². The van der Waals surface area contributed by atoms with Gasteiger partial charge in [0.15, 0.2) is 0 Å². The van der Waals surface area contributed by atoms with Crippen LogP contribution in [0.3, 0.4) is 0 Å². The summed E-state index contributed by atoms with van der Waals surface area (Å²) in [5, 5.41) is 3.13. The lowest BCUT2D eigenvalue weighted by Crippen LogP contribution is -2.32.